The fourth-order valence-electron chi connectivity index (χ4n) is 1.91. The summed E-state index contributed by atoms with van der Waals surface area (Å²) in [5.41, 5.74) is 0.947. The second kappa shape index (κ2) is 6.70. The van der Waals surface area contributed by atoms with E-state index in [1.165, 1.54) is 12.3 Å². The summed E-state index contributed by atoms with van der Waals surface area (Å²) in [5.74, 6) is -0.600. The molecule has 0 bridgehead atoms. The van der Waals surface area contributed by atoms with Crippen molar-refractivity contribution in [1.82, 2.24) is 9.97 Å². The van der Waals surface area contributed by atoms with E-state index in [0.717, 1.165) is 22.3 Å². The smallest absolute Gasteiger partial charge is 0.229 e. The summed E-state index contributed by atoms with van der Waals surface area (Å²) in [4.78, 5) is 8.27. The molecule has 0 spiro atoms. The molecule has 0 aliphatic rings. The molecule has 0 unspecified atom stereocenters. The lowest BCUT2D eigenvalue weighted by Crippen LogP contribution is -2.01. The Kier molecular flexibility index (Phi) is 4.47. The normalized spacial score (nSPS) is 10.4. The van der Waals surface area contributed by atoms with Crippen molar-refractivity contribution in [2.75, 3.05) is 10.6 Å². The van der Waals surface area contributed by atoms with Crippen LogP contribution >= 0.6 is 15.9 Å². The van der Waals surface area contributed by atoms with Gasteiger partial charge >= 0.3 is 0 Å². The predicted molar refractivity (Wildman–Crippen MR) is 89.1 cm³/mol. The number of hydrogen-bond donors (Lipinski definition) is 2. The van der Waals surface area contributed by atoms with Gasteiger partial charge in [0.25, 0.3) is 0 Å². The standard InChI is InChI=1S/C16H11BrF2N4/c17-10-2-1-3-12(8-10)21-15-6-7-20-16(23-15)22-14-5-4-11(18)9-13(14)19/h1-9H,(H2,20,21,22,23). The highest BCUT2D eigenvalue weighted by molar-refractivity contribution is 9.10. The van der Waals surface area contributed by atoms with Gasteiger partial charge in [0.05, 0.1) is 5.69 Å². The van der Waals surface area contributed by atoms with Gasteiger partial charge in [0.2, 0.25) is 5.95 Å². The van der Waals surface area contributed by atoms with Gasteiger partial charge in [0, 0.05) is 22.4 Å². The van der Waals surface area contributed by atoms with Crippen molar-refractivity contribution < 1.29 is 8.78 Å². The SMILES string of the molecule is Fc1ccc(Nc2nccc(Nc3cccc(Br)c3)n2)c(F)c1. The molecular weight excluding hydrogens is 366 g/mol. The number of hydrogen-bond acceptors (Lipinski definition) is 4. The number of anilines is 4. The zero-order valence-electron chi connectivity index (χ0n) is 11.7. The van der Waals surface area contributed by atoms with Gasteiger partial charge in [-0.3, -0.25) is 0 Å². The first-order chi connectivity index (χ1) is 11.1. The summed E-state index contributed by atoms with van der Waals surface area (Å²) in [7, 11) is 0. The molecule has 3 rings (SSSR count). The largest absolute Gasteiger partial charge is 0.340 e. The highest BCUT2D eigenvalue weighted by Gasteiger charge is 2.06. The molecule has 0 amide bonds. The molecule has 0 saturated carbocycles. The van der Waals surface area contributed by atoms with Crippen molar-refractivity contribution in [2.45, 2.75) is 0 Å². The molecule has 1 heterocycles. The Bertz CT molecular complexity index is 842. The number of nitrogens with zero attached hydrogens (tertiary/aromatic N) is 2. The molecule has 0 atom stereocenters. The molecule has 116 valence electrons. The van der Waals surface area contributed by atoms with Crippen LogP contribution in [0.4, 0.5) is 31.9 Å². The van der Waals surface area contributed by atoms with Crippen molar-refractivity contribution >= 4 is 39.1 Å². The summed E-state index contributed by atoms with van der Waals surface area (Å²) in [6.07, 6.45) is 1.54. The maximum absolute atomic E-state index is 13.6. The van der Waals surface area contributed by atoms with Crippen LogP contribution in [0.1, 0.15) is 0 Å². The van der Waals surface area contributed by atoms with Crippen LogP contribution in [-0.4, -0.2) is 9.97 Å². The Balaban J connectivity index is 1.79. The first-order valence-corrected chi connectivity index (χ1v) is 7.47. The fourth-order valence-corrected chi connectivity index (χ4v) is 2.31. The molecule has 4 nitrogen and oxygen atoms in total. The van der Waals surface area contributed by atoms with Crippen molar-refractivity contribution in [3.8, 4) is 0 Å². The third-order valence-electron chi connectivity index (χ3n) is 2.93. The molecular formula is C16H11BrF2N4. The Morgan fingerprint density at radius 3 is 2.61 bits per heavy atom. The van der Waals surface area contributed by atoms with Gasteiger partial charge in [-0.15, -0.1) is 0 Å². The molecule has 7 heteroatoms. The van der Waals surface area contributed by atoms with Crippen molar-refractivity contribution in [3.05, 3.63) is 70.8 Å². The lowest BCUT2D eigenvalue weighted by atomic mass is 10.3. The van der Waals surface area contributed by atoms with E-state index in [2.05, 4.69) is 36.5 Å². The lowest BCUT2D eigenvalue weighted by Gasteiger charge is -2.09. The molecule has 0 radical (unpaired) electrons. The minimum atomic E-state index is -0.709. The van der Waals surface area contributed by atoms with Crippen LogP contribution in [0.5, 0.6) is 0 Å². The topological polar surface area (TPSA) is 49.8 Å². The maximum Gasteiger partial charge on any atom is 0.229 e. The van der Waals surface area contributed by atoms with Gasteiger partial charge in [-0.2, -0.15) is 4.98 Å². The molecule has 1 aromatic heterocycles. The van der Waals surface area contributed by atoms with Crippen LogP contribution in [0.25, 0.3) is 0 Å². The Morgan fingerprint density at radius 2 is 1.83 bits per heavy atom. The highest BCUT2D eigenvalue weighted by Crippen LogP contribution is 2.22. The number of halogens is 3. The molecule has 2 N–H and O–H groups in total. The van der Waals surface area contributed by atoms with Gasteiger partial charge in [-0.25, -0.2) is 13.8 Å². The van der Waals surface area contributed by atoms with E-state index < -0.39 is 11.6 Å². The third kappa shape index (κ3) is 4.01. The highest BCUT2D eigenvalue weighted by atomic mass is 79.9. The summed E-state index contributed by atoms with van der Waals surface area (Å²) in [5, 5.41) is 5.84. The van der Waals surface area contributed by atoms with Crippen LogP contribution in [-0.2, 0) is 0 Å². The zero-order chi connectivity index (χ0) is 16.2. The lowest BCUT2D eigenvalue weighted by molar-refractivity contribution is 0.586. The van der Waals surface area contributed by atoms with E-state index in [9.17, 15) is 8.78 Å². The number of aromatic nitrogens is 2. The molecule has 0 saturated heterocycles. The average Bonchev–Trinajstić information content (AvgIpc) is 2.51. The average molecular weight is 377 g/mol. The molecule has 0 fully saturated rings. The van der Waals surface area contributed by atoms with E-state index in [1.807, 2.05) is 24.3 Å². The van der Waals surface area contributed by atoms with Crippen molar-refractivity contribution in [3.63, 3.8) is 0 Å². The summed E-state index contributed by atoms with van der Waals surface area (Å²) < 4.78 is 27.5. The number of benzene rings is 2. The monoisotopic (exact) mass is 376 g/mol. The molecule has 2 aromatic carbocycles. The quantitative estimate of drug-likeness (QED) is 0.672. The van der Waals surface area contributed by atoms with E-state index in [0.29, 0.717) is 5.82 Å². The third-order valence-corrected chi connectivity index (χ3v) is 3.42. The molecule has 0 aliphatic carbocycles. The van der Waals surface area contributed by atoms with Crippen LogP contribution in [0.2, 0.25) is 0 Å². The van der Waals surface area contributed by atoms with Crippen molar-refractivity contribution in [1.29, 1.82) is 0 Å². The van der Waals surface area contributed by atoms with Gasteiger partial charge < -0.3 is 10.6 Å². The Labute approximate surface area is 139 Å². The van der Waals surface area contributed by atoms with Gasteiger partial charge in [-0.1, -0.05) is 22.0 Å². The fraction of sp³-hybridized carbons (Fsp3) is 0. The number of nitrogens with one attached hydrogen (secondary N) is 2. The summed E-state index contributed by atoms with van der Waals surface area (Å²) in [6.45, 7) is 0. The van der Waals surface area contributed by atoms with E-state index in [1.54, 1.807) is 6.07 Å². The summed E-state index contributed by atoms with van der Waals surface area (Å²) in [6, 6.07) is 12.5. The maximum atomic E-state index is 13.6. The minimum absolute atomic E-state index is 0.103. The van der Waals surface area contributed by atoms with Crippen LogP contribution in [0, 0.1) is 11.6 Å². The summed E-state index contributed by atoms with van der Waals surface area (Å²) >= 11 is 3.39. The Morgan fingerprint density at radius 1 is 0.957 bits per heavy atom. The van der Waals surface area contributed by atoms with Crippen LogP contribution in [0.3, 0.4) is 0 Å². The van der Waals surface area contributed by atoms with E-state index in [-0.39, 0.29) is 11.6 Å². The van der Waals surface area contributed by atoms with E-state index in [4.69, 9.17) is 0 Å². The first kappa shape index (κ1) is 15.4. The zero-order valence-corrected chi connectivity index (χ0v) is 13.3. The van der Waals surface area contributed by atoms with Crippen LogP contribution < -0.4 is 10.6 Å². The van der Waals surface area contributed by atoms with Gasteiger partial charge in [0.15, 0.2) is 0 Å². The van der Waals surface area contributed by atoms with Crippen molar-refractivity contribution in [2.24, 2.45) is 0 Å². The first-order valence-electron chi connectivity index (χ1n) is 6.68. The molecule has 23 heavy (non-hydrogen) atoms. The van der Waals surface area contributed by atoms with Gasteiger partial charge in [-0.05, 0) is 36.4 Å². The second-order valence-electron chi connectivity index (χ2n) is 4.65. The van der Waals surface area contributed by atoms with Gasteiger partial charge in [0.1, 0.15) is 17.5 Å². The predicted octanol–water partition coefficient (Wildman–Crippen LogP) is 5.00. The Hall–Kier alpha value is -2.54. The molecule has 0 aliphatic heterocycles. The number of rotatable bonds is 4. The minimum Gasteiger partial charge on any atom is -0.340 e. The second-order valence-corrected chi connectivity index (χ2v) is 5.57. The van der Waals surface area contributed by atoms with E-state index >= 15 is 0 Å². The van der Waals surface area contributed by atoms with Crippen LogP contribution in [0.15, 0.2) is 59.2 Å². The molecule has 3 aromatic rings.